The molecule has 0 aliphatic carbocycles. The van der Waals surface area contributed by atoms with E-state index in [1.807, 2.05) is 38.4 Å². The first-order valence-corrected chi connectivity index (χ1v) is 8.45. The Morgan fingerprint density at radius 2 is 2.08 bits per heavy atom. The minimum atomic E-state index is -0.182. The van der Waals surface area contributed by atoms with Crippen molar-refractivity contribution in [3.05, 3.63) is 66.3 Å². The van der Waals surface area contributed by atoms with E-state index >= 15 is 0 Å². The molecule has 126 valence electrons. The van der Waals surface area contributed by atoms with Crippen LogP contribution in [-0.2, 0) is 11.8 Å². The summed E-state index contributed by atoms with van der Waals surface area (Å²) in [6, 6.07) is 7.61. The standard InChI is InChI=1S/C18H17N5OS/c1-13-10-15(25-18-19-8-3-9-20-18)5-6-16(13)22-17(24)7-4-14-11-21-23(2)12-14/h3-12H,1-2H3,(H,22,24)/b7-4+. The minimum absolute atomic E-state index is 0.182. The highest BCUT2D eigenvalue weighted by molar-refractivity contribution is 7.99. The molecule has 0 unspecified atom stereocenters. The van der Waals surface area contributed by atoms with Crippen molar-refractivity contribution >= 4 is 29.4 Å². The number of nitrogens with one attached hydrogen (secondary N) is 1. The third-order valence-electron chi connectivity index (χ3n) is 3.36. The van der Waals surface area contributed by atoms with Crippen LogP contribution < -0.4 is 5.32 Å². The quantitative estimate of drug-likeness (QED) is 0.564. The highest BCUT2D eigenvalue weighted by atomic mass is 32.2. The van der Waals surface area contributed by atoms with Gasteiger partial charge in [0.05, 0.1) is 6.20 Å². The summed E-state index contributed by atoms with van der Waals surface area (Å²) < 4.78 is 1.69. The number of hydrogen-bond acceptors (Lipinski definition) is 5. The molecule has 2 heterocycles. The lowest BCUT2D eigenvalue weighted by molar-refractivity contribution is -0.111. The summed E-state index contributed by atoms with van der Waals surface area (Å²) in [7, 11) is 1.83. The van der Waals surface area contributed by atoms with Crippen LogP contribution in [0.5, 0.6) is 0 Å². The Morgan fingerprint density at radius 1 is 1.28 bits per heavy atom. The summed E-state index contributed by atoms with van der Waals surface area (Å²) >= 11 is 1.48. The van der Waals surface area contributed by atoms with Crippen LogP contribution in [0.3, 0.4) is 0 Å². The highest BCUT2D eigenvalue weighted by Gasteiger charge is 2.05. The van der Waals surface area contributed by atoms with Crippen molar-refractivity contribution in [1.82, 2.24) is 19.7 Å². The second kappa shape index (κ2) is 7.76. The zero-order valence-corrected chi connectivity index (χ0v) is 14.7. The van der Waals surface area contributed by atoms with Crippen molar-refractivity contribution in [3.63, 3.8) is 0 Å². The van der Waals surface area contributed by atoms with E-state index in [9.17, 15) is 4.79 Å². The lowest BCUT2D eigenvalue weighted by Gasteiger charge is -2.08. The van der Waals surface area contributed by atoms with Gasteiger partial charge in [-0.05, 0) is 54.6 Å². The molecule has 25 heavy (non-hydrogen) atoms. The number of rotatable bonds is 5. The van der Waals surface area contributed by atoms with E-state index in [1.165, 1.54) is 17.8 Å². The molecule has 0 radical (unpaired) electrons. The summed E-state index contributed by atoms with van der Waals surface area (Å²) in [4.78, 5) is 21.5. The zero-order chi connectivity index (χ0) is 17.6. The molecule has 0 aliphatic rings. The number of aryl methyl sites for hydroxylation is 2. The second-order valence-electron chi connectivity index (χ2n) is 5.38. The van der Waals surface area contributed by atoms with Gasteiger partial charge in [-0.3, -0.25) is 9.48 Å². The third kappa shape index (κ3) is 4.77. The fourth-order valence-electron chi connectivity index (χ4n) is 2.16. The number of anilines is 1. The topological polar surface area (TPSA) is 72.7 Å². The van der Waals surface area contributed by atoms with E-state index in [0.29, 0.717) is 5.16 Å². The Hall–Kier alpha value is -2.93. The molecule has 1 aromatic carbocycles. The van der Waals surface area contributed by atoms with E-state index < -0.39 is 0 Å². The number of hydrogen-bond donors (Lipinski definition) is 1. The Labute approximate surface area is 150 Å². The summed E-state index contributed by atoms with van der Waals surface area (Å²) in [5.41, 5.74) is 2.63. The molecule has 0 spiro atoms. The van der Waals surface area contributed by atoms with Gasteiger partial charge in [0.25, 0.3) is 0 Å². The first-order chi connectivity index (χ1) is 12.1. The lowest BCUT2D eigenvalue weighted by atomic mass is 10.2. The molecule has 0 fully saturated rings. The first-order valence-electron chi connectivity index (χ1n) is 7.63. The SMILES string of the molecule is Cc1cc(Sc2ncccn2)ccc1NC(=O)/C=C/c1cnn(C)c1. The molecule has 7 heteroatoms. The number of amides is 1. The van der Waals surface area contributed by atoms with Crippen LogP contribution in [0.1, 0.15) is 11.1 Å². The highest BCUT2D eigenvalue weighted by Crippen LogP contribution is 2.27. The molecule has 0 bridgehead atoms. The van der Waals surface area contributed by atoms with Gasteiger partial charge >= 0.3 is 0 Å². The zero-order valence-electron chi connectivity index (χ0n) is 13.9. The molecule has 1 N–H and O–H groups in total. The van der Waals surface area contributed by atoms with Crippen molar-refractivity contribution in [3.8, 4) is 0 Å². The summed E-state index contributed by atoms with van der Waals surface area (Å²) in [6.07, 6.45) is 10.2. The minimum Gasteiger partial charge on any atom is -0.322 e. The van der Waals surface area contributed by atoms with Crippen molar-refractivity contribution < 1.29 is 4.79 Å². The van der Waals surface area contributed by atoms with Crippen molar-refractivity contribution in [1.29, 1.82) is 0 Å². The third-order valence-corrected chi connectivity index (χ3v) is 4.24. The van der Waals surface area contributed by atoms with Gasteiger partial charge in [0.1, 0.15) is 0 Å². The molecule has 0 atom stereocenters. The van der Waals surface area contributed by atoms with Gasteiger partial charge in [-0.2, -0.15) is 5.10 Å². The Balaban J connectivity index is 1.64. The number of carbonyl (C=O) groups is 1. The maximum absolute atomic E-state index is 12.1. The molecule has 0 aliphatic heterocycles. The number of aromatic nitrogens is 4. The van der Waals surface area contributed by atoms with Gasteiger partial charge in [-0.15, -0.1) is 0 Å². The molecule has 0 saturated carbocycles. The Morgan fingerprint density at radius 3 is 2.76 bits per heavy atom. The predicted molar refractivity (Wildman–Crippen MR) is 98.2 cm³/mol. The largest absolute Gasteiger partial charge is 0.322 e. The van der Waals surface area contributed by atoms with Gasteiger partial charge < -0.3 is 5.32 Å². The van der Waals surface area contributed by atoms with E-state index in [0.717, 1.165) is 21.7 Å². The smallest absolute Gasteiger partial charge is 0.248 e. The monoisotopic (exact) mass is 351 g/mol. The van der Waals surface area contributed by atoms with Crippen LogP contribution >= 0.6 is 11.8 Å². The van der Waals surface area contributed by atoms with E-state index in [2.05, 4.69) is 20.4 Å². The number of carbonyl (C=O) groups excluding carboxylic acids is 1. The second-order valence-corrected chi connectivity index (χ2v) is 6.42. The van der Waals surface area contributed by atoms with Gasteiger partial charge in [0.2, 0.25) is 5.91 Å². The normalized spacial score (nSPS) is 11.0. The van der Waals surface area contributed by atoms with Gasteiger partial charge in [0.15, 0.2) is 5.16 Å². The molecular formula is C18H17N5OS. The van der Waals surface area contributed by atoms with E-state index in [4.69, 9.17) is 0 Å². The van der Waals surface area contributed by atoms with E-state index in [1.54, 1.807) is 35.4 Å². The van der Waals surface area contributed by atoms with Gasteiger partial charge in [0, 0.05) is 47.9 Å². The van der Waals surface area contributed by atoms with Gasteiger partial charge in [-0.25, -0.2) is 9.97 Å². The molecule has 3 aromatic rings. The van der Waals surface area contributed by atoms with Crippen molar-refractivity contribution in [2.24, 2.45) is 7.05 Å². The van der Waals surface area contributed by atoms with Crippen LogP contribution in [0.25, 0.3) is 6.08 Å². The van der Waals surface area contributed by atoms with Crippen LogP contribution in [0.4, 0.5) is 5.69 Å². The molecule has 3 rings (SSSR count). The maximum Gasteiger partial charge on any atom is 0.248 e. The Bertz CT molecular complexity index is 905. The van der Waals surface area contributed by atoms with Crippen LogP contribution in [0.2, 0.25) is 0 Å². The average Bonchev–Trinajstić information content (AvgIpc) is 3.02. The van der Waals surface area contributed by atoms with Crippen LogP contribution in [0.15, 0.2) is 65.2 Å². The number of nitrogens with zero attached hydrogens (tertiary/aromatic N) is 4. The Kier molecular flexibility index (Phi) is 5.25. The fourth-order valence-corrected chi connectivity index (χ4v) is 2.97. The molecule has 2 aromatic heterocycles. The fraction of sp³-hybridized carbons (Fsp3) is 0.111. The van der Waals surface area contributed by atoms with Crippen molar-refractivity contribution in [2.75, 3.05) is 5.32 Å². The molecule has 6 nitrogen and oxygen atoms in total. The predicted octanol–water partition coefficient (Wildman–Crippen LogP) is 3.32. The molecule has 1 amide bonds. The average molecular weight is 351 g/mol. The maximum atomic E-state index is 12.1. The van der Waals surface area contributed by atoms with Crippen LogP contribution in [0, 0.1) is 6.92 Å². The van der Waals surface area contributed by atoms with Gasteiger partial charge in [-0.1, -0.05) is 0 Å². The van der Waals surface area contributed by atoms with Crippen LogP contribution in [-0.4, -0.2) is 25.7 Å². The first kappa shape index (κ1) is 16.9. The lowest BCUT2D eigenvalue weighted by Crippen LogP contribution is -2.08. The summed E-state index contributed by atoms with van der Waals surface area (Å²) in [5, 5.41) is 7.64. The summed E-state index contributed by atoms with van der Waals surface area (Å²) in [5.74, 6) is -0.182. The van der Waals surface area contributed by atoms with Crippen molar-refractivity contribution in [2.45, 2.75) is 17.0 Å². The number of benzene rings is 1. The molecular weight excluding hydrogens is 334 g/mol. The van der Waals surface area contributed by atoms with E-state index in [-0.39, 0.29) is 5.91 Å². The summed E-state index contributed by atoms with van der Waals surface area (Å²) in [6.45, 7) is 1.95. The molecule has 0 saturated heterocycles.